The van der Waals surface area contributed by atoms with Gasteiger partial charge in [-0.2, -0.15) is 5.10 Å². The van der Waals surface area contributed by atoms with Gasteiger partial charge in [-0.15, -0.1) is 0 Å². The highest BCUT2D eigenvalue weighted by molar-refractivity contribution is 6.31. The van der Waals surface area contributed by atoms with Crippen LogP contribution in [0.1, 0.15) is 35.5 Å². The van der Waals surface area contributed by atoms with Crippen LogP contribution in [-0.4, -0.2) is 38.5 Å². The molecule has 3 aromatic rings. The molecule has 0 fully saturated rings. The van der Waals surface area contributed by atoms with E-state index < -0.39 is 12.6 Å². The average Bonchev–Trinajstić information content (AvgIpc) is 3.12. The molecule has 9 heteroatoms. The van der Waals surface area contributed by atoms with Gasteiger partial charge in [0.1, 0.15) is 0 Å². The molecular weight excluding hydrogens is 429 g/mol. The molecule has 0 spiro atoms. The lowest BCUT2D eigenvalue weighted by molar-refractivity contribution is -0.129. The molecule has 1 atom stereocenters. The summed E-state index contributed by atoms with van der Waals surface area (Å²) in [6.45, 7) is 2.77. The predicted octanol–water partition coefficient (Wildman–Crippen LogP) is 4.83. The lowest BCUT2D eigenvalue weighted by Gasteiger charge is -2.27. The minimum absolute atomic E-state index is 0.0603. The van der Waals surface area contributed by atoms with Gasteiger partial charge in [0.05, 0.1) is 12.2 Å². The van der Waals surface area contributed by atoms with Crippen LogP contribution in [0.15, 0.2) is 42.7 Å². The first-order valence-corrected chi connectivity index (χ1v) is 10.2. The number of benzene rings is 1. The number of aromatic nitrogens is 3. The van der Waals surface area contributed by atoms with E-state index >= 15 is 0 Å². The lowest BCUT2D eigenvalue weighted by atomic mass is 9.98. The van der Waals surface area contributed by atoms with Crippen molar-refractivity contribution in [2.45, 2.75) is 39.0 Å². The molecule has 31 heavy (non-hydrogen) atoms. The van der Waals surface area contributed by atoms with Gasteiger partial charge in [-0.3, -0.25) is 14.5 Å². The summed E-state index contributed by atoms with van der Waals surface area (Å²) in [7, 11) is 0. The third kappa shape index (κ3) is 4.30. The fraction of sp³-hybridized carbons (Fsp3) is 0.318. The van der Waals surface area contributed by atoms with Crippen molar-refractivity contribution in [1.29, 1.82) is 0 Å². The Morgan fingerprint density at radius 2 is 2.06 bits per heavy atom. The molecule has 0 N–H and O–H groups in total. The Bertz CT molecular complexity index is 1120. The quantitative estimate of drug-likeness (QED) is 0.562. The first-order valence-electron chi connectivity index (χ1n) is 9.80. The first kappa shape index (κ1) is 21.4. The van der Waals surface area contributed by atoms with Crippen LogP contribution in [0.2, 0.25) is 5.02 Å². The monoisotopic (exact) mass is 448 g/mol. The summed E-state index contributed by atoms with van der Waals surface area (Å²) < 4.78 is 41.5. The van der Waals surface area contributed by atoms with Crippen LogP contribution in [0.3, 0.4) is 0 Å². The Morgan fingerprint density at radius 3 is 2.77 bits per heavy atom. The van der Waals surface area contributed by atoms with E-state index in [1.54, 1.807) is 34.1 Å². The molecular formula is C22H20ClF3N4O. The van der Waals surface area contributed by atoms with Crippen molar-refractivity contribution in [3.8, 4) is 11.3 Å². The van der Waals surface area contributed by atoms with Gasteiger partial charge in [0.2, 0.25) is 5.91 Å². The molecule has 1 amide bonds. The molecule has 0 aliphatic carbocycles. The fourth-order valence-electron chi connectivity index (χ4n) is 3.81. The number of rotatable bonds is 5. The average molecular weight is 449 g/mol. The van der Waals surface area contributed by atoms with Gasteiger partial charge in [0.25, 0.3) is 6.43 Å². The van der Waals surface area contributed by atoms with Crippen molar-refractivity contribution in [3.63, 3.8) is 0 Å². The third-order valence-electron chi connectivity index (χ3n) is 5.44. The number of carbonyl (C=O) groups excluding carboxylic acids is 1. The normalized spacial score (nSPS) is 14.6. The molecule has 0 bridgehead atoms. The first-order chi connectivity index (χ1) is 14.8. The number of hydrogen-bond donors (Lipinski definition) is 0. The maximum absolute atomic E-state index is 13.9. The number of fused-ring (bicyclic) bond motifs is 1. The highest BCUT2D eigenvalue weighted by Gasteiger charge is 2.28. The van der Waals surface area contributed by atoms with Crippen LogP contribution in [0.25, 0.3) is 11.3 Å². The summed E-state index contributed by atoms with van der Waals surface area (Å²) in [6.07, 6.45) is -1.63. The Hall–Kier alpha value is -2.87. The van der Waals surface area contributed by atoms with Crippen LogP contribution in [0, 0.1) is 0 Å². The second-order valence-electron chi connectivity index (χ2n) is 7.45. The third-order valence-corrected chi connectivity index (χ3v) is 5.81. The van der Waals surface area contributed by atoms with Gasteiger partial charge in [-0.05, 0) is 17.7 Å². The standard InChI is InChI=1S/C22H20ClF3N4O/c1-13(31)29-8-6-19-17(12-29)21(15-4-2-3-14(9-15)20(24)22(25)26)28-30(19)11-16-10-27-7-5-18(16)23/h2-5,7,9-10,20,22H,6,8,11-12H2,1H3. The van der Waals surface area contributed by atoms with Crippen molar-refractivity contribution < 1.29 is 18.0 Å². The molecule has 1 unspecified atom stereocenters. The maximum atomic E-state index is 13.9. The second kappa shape index (κ2) is 8.70. The summed E-state index contributed by atoms with van der Waals surface area (Å²) in [5.74, 6) is -0.0603. The molecule has 162 valence electrons. The Morgan fingerprint density at radius 1 is 1.26 bits per heavy atom. The van der Waals surface area contributed by atoms with Crippen LogP contribution in [-0.2, 0) is 24.3 Å². The minimum Gasteiger partial charge on any atom is -0.338 e. The molecule has 4 rings (SSSR count). The summed E-state index contributed by atoms with van der Waals surface area (Å²) in [4.78, 5) is 17.8. The molecule has 0 radical (unpaired) electrons. The summed E-state index contributed by atoms with van der Waals surface area (Å²) in [5, 5.41) is 5.28. The smallest absolute Gasteiger partial charge is 0.273 e. The van der Waals surface area contributed by atoms with Gasteiger partial charge in [-0.25, -0.2) is 13.2 Å². The maximum Gasteiger partial charge on any atom is 0.273 e. The molecule has 0 saturated carbocycles. The van der Waals surface area contributed by atoms with Crippen molar-refractivity contribution in [3.05, 3.63) is 70.1 Å². The van der Waals surface area contributed by atoms with E-state index in [1.165, 1.54) is 25.1 Å². The van der Waals surface area contributed by atoms with E-state index in [4.69, 9.17) is 16.7 Å². The number of carbonyl (C=O) groups is 1. The zero-order valence-corrected chi connectivity index (χ0v) is 17.5. The molecule has 1 aliphatic heterocycles. The zero-order valence-electron chi connectivity index (χ0n) is 16.7. The van der Waals surface area contributed by atoms with Crippen molar-refractivity contribution in [2.24, 2.45) is 0 Å². The molecule has 3 heterocycles. The fourth-order valence-corrected chi connectivity index (χ4v) is 3.98. The van der Waals surface area contributed by atoms with Crippen LogP contribution < -0.4 is 0 Å². The molecule has 2 aromatic heterocycles. The summed E-state index contributed by atoms with van der Waals surface area (Å²) in [6, 6.07) is 7.67. The van der Waals surface area contributed by atoms with E-state index in [0.29, 0.717) is 42.3 Å². The van der Waals surface area contributed by atoms with E-state index in [2.05, 4.69) is 4.98 Å². The Kier molecular flexibility index (Phi) is 6.00. The van der Waals surface area contributed by atoms with Crippen molar-refractivity contribution in [2.75, 3.05) is 6.54 Å². The molecule has 1 aliphatic rings. The molecule has 5 nitrogen and oxygen atoms in total. The van der Waals surface area contributed by atoms with Crippen LogP contribution >= 0.6 is 11.6 Å². The Balaban J connectivity index is 1.79. The Labute approximate surface area is 182 Å². The number of amides is 1. The van der Waals surface area contributed by atoms with Crippen molar-refractivity contribution in [1.82, 2.24) is 19.7 Å². The van der Waals surface area contributed by atoms with Gasteiger partial charge >= 0.3 is 0 Å². The summed E-state index contributed by atoms with van der Waals surface area (Å²) >= 11 is 6.28. The minimum atomic E-state index is -3.11. The number of nitrogens with zero attached hydrogens (tertiary/aromatic N) is 4. The van der Waals surface area contributed by atoms with Crippen molar-refractivity contribution >= 4 is 17.5 Å². The second-order valence-corrected chi connectivity index (χ2v) is 7.86. The number of alkyl halides is 3. The largest absolute Gasteiger partial charge is 0.338 e. The van der Waals surface area contributed by atoms with E-state index in [1.807, 2.05) is 0 Å². The topological polar surface area (TPSA) is 51.0 Å². The highest BCUT2D eigenvalue weighted by atomic mass is 35.5. The van der Waals surface area contributed by atoms with Crippen LogP contribution in [0.5, 0.6) is 0 Å². The summed E-state index contributed by atoms with van der Waals surface area (Å²) in [5.41, 5.74) is 3.51. The molecule has 0 saturated heterocycles. The van der Waals surface area contributed by atoms with E-state index in [-0.39, 0.29) is 11.5 Å². The van der Waals surface area contributed by atoms with E-state index in [9.17, 15) is 18.0 Å². The van der Waals surface area contributed by atoms with Gasteiger partial charge in [-0.1, -0.05) is 29.8 Å². The van der Waals surface area contributed by atoms with Gasteiger partial charge in [0, 0.05) is 66.2 Å². The highest BCUT2D eigenvalue weighted by Crippen LogP contribution is 2.34. The zero-order chi connectivity index (χ0) is 22.1. The molecule has 1 aromatic carbocycles. The van der Waals surface area contributed by atoms with Gasteiger partial charge in [0.15, 0.2) is 6.17 Å². The number of pyridine rings is 1. The SMILES string of the molecule is CC(=O)N1CCc2c(c(-c3cccc(C(F)C(F)F)c3)nn2Cc2cnccc2Cl)C1. The van der Waals surface area contributed by atoms with E-state index in [0.717, 1.165) is 16.8 Å². The predicted molar refractivity (Wildman–Crippen MR) is 111 cm³/mol. The van der Waals surface area contributed by atoms with Gasteiger partial charge < -0.3 is 4.90 Å². The lowest BCUT2D eigenvalue weighted by Crippen LogP contribution is -2.34. The van der Waals surface area contributed by atoms with Crippen LogP contribution in [0.4, 0.5) is 13.2 Å². The number of hydrogen-bond acceptors (Lipinski definition) is 3. The number of halogens is 4.